The fourth-order valence-electron chi connectivity index (χ4n) is 3.28. The topological polar surface area (TPSA) is 58.1 Å². The lowest BCUT2D eigenvalue weighted by atomic mass is 10.1. The van der Waals surface area contributed by atoms with Crippen molar-refractivity contribution in [3.63, 3.8) is 0 Å². The highest BCUT2D eigenvalue weighted by Crippen LogP contribution is 2.18. The normalized spacial score (nSPS) is 20.9. The van der Waals surface area contributed by atoms with Gasteiger partial charge in [0.15, 0.2) is 5.96 Å². The van der Waals surface area contributed by atoms with Crippen LogP contribution in [0.15, 0.2) is 29.3 Å². The Morgan fingerprint density at radius 1 is 1.26 bits per heavy atom. The van der Waals surface area contributed by atoms with E-state index in [1.165, 1.54) is 0 Å². The molecule has 1 heterocycles. The zero-order valence-electron chi connectivity index (χ0n) is 17.5. The van der Waals surface area contributed by atoms with Crippen molar-refractivity contribution < 1.29 is 9.47 Å². The minimum absolute atomic E-state index is 0.449. The summed E-state index contributed by atoms with van der Waals surface area (Å²) in [5.74, 6) is 2.38. The molecule has 27 heavy (non-hydrogen) atoms. The van der Waals surface area contributed by atoms with E-state index >= 15 is 0 Å². The van der Waals surface area contributed by atoms with Gasteiger partial charge in [0.2, 0.25) is 0 Å². The molecule has 0 amide bonds. The molecule has 0 radical (unpaired) electrons. The predicted octanol–water partition coefficient (Wildman–Crippen LogP) is 2.50. The molecule has 152 valence electrons. The summed E-state index contributed by atoms with van der Waals surface area (Å²) in [5, 5.41) is 6.97. The van der Waals surface area contributed by atoms with Gasteiger partial charge in [-0.3, -0.25) is 9.89 Å². The predicted molar refractivity (Wildman–Crippen MR) is 111 cm³/mol. The maximum Gasteiger partial charge on any atom is 0.191 e. The van der Waals surface area contributed by atoms with Crippen LogP contribution in [0, 0.1) is 5.92 Å². The molecule has 2 atom stereocenters. The van der Waals surface area contributed by atoms with Crippen LogP contribution in [0.2, 0.25) is 0 Å². The van der Waals surface area contributed by atoms with Crippen LogP contribution in [-0.4, -0.2) is 63.3 Å². The van der Waals surface area contributed by atoms with Gasteiger partial charge in [-0.25, -0.2) is 0 Å². The lowest BCUT2D eigenvalue weighted by Gasteiger charge is -2.22. The third-order valence-corrected chi connectivity index (χ3v) is 5.10. The van der Waals surface area contributed by atoms with E-state index in [9.17, 15) is 0 Å². The fourth-order valence-corrected chi connectivity index (χ4v) is 3.28. The molecule has 1 aromatic rings. The van der Waals surface area contributed by atoms with Crippen LogP contribution in [0.5, 0.6) is 5.75 Å². The van der Waals surface area contributed by atoms with Gasteiger partial charge in [-0.05, 0) is 43.9 Å². The Morgan fingerprint density at radius 3 is 2.59 bits per heavy atom. The zero-order valence-corrected chi connectivity index (χ0v) is 17.5. The van der Waals surface area contributed by atoms with E-state index in [2.05, 4.69) is 41.3 Å². The number of rotatable bonds is 9. The second kappa shape index (κ2) is 11.1. The van der Waals surface area contributed by atoms with Gasteiger partial charge in [-0.1, -0.05) is 19.1 Å². The quantitative estimate of drug-likeness (QED) is 0.394. The third kappa shape index (κ3) is 7.03. The molecule has 6 heteroatoms. The van der Waals surface area contributed by atoms with Gasteiger partial charge < -0.3 is 20.1 Å². The molecule has 0 aromatic heterocycles. The number of hydrogen-bond donors (Lipinski definition) is 2. The second-order valence-corrected chi connectivity index (χ2v) is 7.53. The minimum Gasteiger partial charge on any atom is -0.497 e. The van der Waals surface area contributed by atoms with Crippen molar-refractivity contribution in [2.75, 3.05) is 40.4 Å². The highest BCUT2D eigenvalue weighted by molar-refractivity contribution is 5.80. The summed E-state index contributed by atoms with van der Waals surface area (Å²) in [6.07, 6.45) is 0.940. The summed E-state index contributed by atoms with van der Waals surface area (Å²) in [7, 11) is 3.50. The van der Waals surface area contributed by atoms with Crippen molar-refractivity contribution in [2.45, 2.75) is 45.9 Å². The Kier molecular flexibility index (Phi) is 8.88. The SMILES string of the molecule is CN=C(NCCCOCc1ccc(OC)cc1)NC1CN(C(C)C)CC1C. The van der Waals surface area contributed by atoms with E-state index < -0.39 is 0 Å². The van der Waals surface area contributed by atoms with Gasteiger partial charge in [-0.2, -0.15) is 0 Å². The Hall–Kier alpha value is -1.79. The monoisotopic (exact) mass is 376 g/mol. The molecule has 1 saturated heterocycles. The number of likely N-dealkylation sites (tertiary alicyclic amines) is 1. The Bertz CT molecular complexity index is 574. The second-order valence-electron chi connectivity index (χ2n) is 7.53. The first kappa shape index (κ1) is 21.5. The smallest absolute Gasteiger partial charge is 0.191 e. The molecule has 1 fully saturated rings. The van der Waals surface area contributed by atoms with E-state index in [1.54, 1.807) is 7.11 Å². The summed E-state index contributed by atoms with van der Waals surface area (Å²) < 4.78 is 10.9. The maximum atomic E-state index is 5.75. The molecule has 2 unspecified atom stereocenters. The number of aliphatic imine (C=N–C) groups is 1. The summed E-state index contributed by atoms with van der Waals surface area (Å²) in [4.78, 5) is 6.88. The minimum atomic E-state index is 0.449. The van der Waals surface area contributed by atoms with E-state index in [0.29, 0.717) is 24.6 Å². The summed E-state index contributed by atoms with van der Waals surface area (Å²) in [6.45, 7) is 11.2. The Balaban J connectivity index is 1.60. The zero-order chi connectivity index (χ0) is 19.6. The largest absolute Gasteiger partial charge is 0.497 e. The highest BCUT2D eigenvalue weighted by atomic mass is 16.5. The molecule has 0 saturated carbocycles. The van der Waals surface area contributed by atoms with Gasteiger partial charge in [0, 0.05) is 45.4 Å². The number of ether oxygens (including phenoxy) is 2. The molecular formula is C21H36N4O2. The van der Waals surface area contributed by atoms with Crippen molar-refractivity contribution in [3.05, 3.63) is 29.8 Å². The van der Waals surface area contributed by atoms with Crippen LogP contribution in [0.4, 0.5) is 0 Å². The van der Waals surface area contributed by atoms with Crippen molar-refractivity contribution in [2.24, 2.45) is 10.9 Å². The Labute approximate surface area is 164 Å². The highest BCUT2D eigenvalue weighted by Gasteiger charge is 2.31. The average molecular weight is 377 g/mol. The molecule has 1 aliphatic heterocycles. The summed E-state index contributed by atoms with van der Waals surface area (Å²) in [5.41, 5.74) is 1.16. The summed E-state index contributed by atoms with van der Waals surface area (Å²) in [6, 6.07) is 9.03. The molecule has 0 aliphatic carbocycles. The van der Waals surface area contributed by atoms with Gasteiger partial charge in [0.25, 0.3) is 0 Å². The average Bonchev–Trinajstić information content (AvgIpc) is 3.04. The first-order valence-electron chi connectivity index (χ1n) is 9.95. The van der Waals surface area contributed by atoms with Crippen LogP contribution in [0.3, 0.4) is 0 Å². The molecule has 0 bridgehead atoms. The molecule has 2 rings (SSSR count). The van der Waals surface area contributed by atoms with E-state index in [0.717, 1.165) is 49.9 Å². The lowest BCUT2D eigenvalue weighted by Crippen LogP contribution is -2.47. The van der Waals surface area contributed by atoms with Crippen molar-refractivity contribution in [3.8, 4) is 5.75 Å². The van der Waals surface area contributed by atoms with Gasteiger partial charge in [0.05, 0.1) is 13.7 Å². The standard InChI is InChI=1S/C21H36N4O2/c1-16(2)25-13-17(3)20(14-25)24-21(22-4)23-11-6-12-27-15-18-7-9-19(26-5)10-8-18/h7-10,16-17,20H,6,11-15H2,1-5H3,(H2,22,23,24). The number of nitrogens with zero attached hydrogens (tertiary/aromatic N) is 2. The van der Waals surface area contributed by atoms with Crippen LogP contribution in [-0.2, 0) is 11.3 Å². The van der Waals surface area contributed by atoms with Gasteiger partial charge in [0.1, 0.15) is 5.75 Å². The van der Waals surface area contributed by atoms with Crippen LogP contribution in [0.25, 0.3) is 0 Å². The van der Waals surface area contributed by atoms with Crippen LogP contribution in [0.1, 0.15) is 32.8 Å². The molecule has 6 nitrogen and oxygen atoms in total. The van der Waals surface area contributed by atoms with E-state index in [1.807, 2.05) is 31.3 Å². The number of nitrogens with one attached hydrogen (secondary N) is 2. The molecule has 1 aromatic carbocycles. The Morgan fingerprint density at radius 2 is 2.00 bits per heavy atom. The third-order valence-electron chi connectivity index (χ3n) is 5.10. The number of methoxy groups -OCH3 is 1. The first-order valence-corrected chi connectivity index (χ1v) is 9.95. The van der Waals surface area contributed by atoms with Crippen molar-refractivity contribution >= 4 is 5.96 Å². The molecular weight excluding hydrogens is 340 g/mol. The molecule has 1 aliphatic rings. The fraction of sp³-hybridized carbons (Fsp3) is 0.667. The van der Waals surface area contributed by atoms with Gasteiger partial charge >= 0.3 is 0 Å². The van der Waals surface area contributed by atoms with Crippen molar-refractivity contribution in [1.82, 2.24) is 15.5 Å². The number of guanidine groups is 1. The van der Waals surface area contributed by atoms with Crippen LogP contribution < -0.4 is 15.4 Å². The lowest BCUT2D eigenvalue weighted by molar-refractivity contribution is 0.119. The molecule has 0 spiro atoms. The van der Waals surface area contributed by atoms with Crippen LogP contribution >= 0.6 is 0 Å². The number of benzene rings is 1. The first-order chi connectivity index (χ1) is 13.0. The maximum absolute atomic E-state index is 5.75. The van der Waals surface area contributed by atoms with Gasteiger partial charge in [-0.15, -0.1) is 0 Å². The number of hydrogen-bond acceptors (Lipinski definition) is 4. The van der Waals surface area contributed by atoms with E-state index in [-0.39, 0.29) is 0 Å². The van der Waals surface area contributed by atoms with E-state index in [4.69, 9.17) is 9.47 Å². The van der Waals surface area contributed by atoms with Crippen molar-refractivity contribution in [1.29, 1.82) is 0 Å². The molecule has 2 N–H and O–H groups in total. The summed E-state index contributed by atoms with van der Waals surface area (Å²) >= 11 is 0.